The van der Waals surface area contributed by atoms with Gasteiger partial charge in [-0.2, -0.15) is 0 Å². The largest absolute Gasteiger partial charge is 0.399 e. The lowest BCUT2D eigenvalue weighted by Crippen LogP contribution is -2.14. The second-order valence-electron chi connectivity index (χ2n) is 3.90. The van der Waals surface area contributed by atoms with Crippen molar-refractivity contribution in [2.75, 3.05) is 10.5 Å². The zero-order chi connectivity index (χ0) is 14.9. The van der Waals surface area contributed by atoms with E-state index in [4.69, 9.17) is 28.9 Å². The smallest absolute Gasteiger partial charge is 0.263 e. The third-order valence-electron chi connectivity index (χ3n) is 2.44. The van der Waals surface area contributed by atoms with Crippen molar-refractivity contribution < 1.29 is 12.8 Å². The van der Waals surface area contributed by atoms with E-state index in [2.05, 4.69) is 4.72 Å². The second kappa shape index (κ2) is 5.47. The molecule has 106 valence electrons. The summed E-state index contributed by atoms with van der Waals surface area (Å²) < 4.78 is 40.0. The summed E-state index contributed by atoms with van der Waals surface area (Å²) in [5, 5.41) is -0.0372. The average molecular weight is 335 g/mol. The van der Waals surface area contributed by atoms with Crippen LogP contribution in [0.5, 0.6) is 0 Å². The number of benzene rings is 2. The quantitative estimate of drug-likeness (QED) is 0.843. The molecule has 0 spiro atoms. The number of nitrogens with two attached hydrogens (primary N) is 1. The van der Waals surface area contributed by atoms with Gasteiger partial charge in [0.2, 0.25) is 0 Å². The van der Waals surface area contributed by atoms with Crippen LogP contribution in [0, 0.1) is 5.82 Å². The maximum absolute atomic E-state index is 13.6. The number of nitrogen functional groups attached to an aromatic ring is 1. The highest BCUT2D eigenvalue weighted by Gasteiger charge is 2.20. The van der Waals surface area contributed by atoms with Crippen LogP contribution in [0.2, 0.25) is 10.0 Å². The number of anilines is 2. The zero-order valence-corrected chi connectivity index (χ0v) is 12.2. The first-order valence-electron chi connectivity index (χ1n) is 5.33. The van der Waals surface area contributed by atoms with Crippen LogP contribution in [0.4, 0.5) is 15.8 Å². The van der Waals surface area contributed by atoms with Crippen LogP contribution in [0.1, 0.15) is 0 Å². The van der Waals surface area contributed by atoms with Gasteiger partial charge in [0.05, 0.1) is 15.7 Å². The van der Waals surface area contributed by atoms with Crippen LogP contribution >= 0.6 is 23.2 Å². The molecule has 0 aromatic heterocycles. The molecule has 0 aliphatic rings. The van der Waals surface area contributed by atoms with E-state index in [9.17, 15) is 12.8 Å². The van der Waals surface area contributed by atoms with Crippen LogP contribution < -0.4 is 10.5 Å². The van der Waals surface area contributed by atoms with Crippen molar-refractivity contribution in [1.82, 2.24) is 0 Å². The summed E-state index contributed by atoms with van der Waals surface area (Å²) in [5.74, 6) is -0.785. The average Bonchev–Trinajstić information content (AvgIpc) is 2.36. The Hall–Kier alpha value is -1.50. The molecule has 3 N–H and O–H groups in total. The molecule has 0 radical (unpaired) electrons. The molecule has 2 rings (SSSR count). The lowest BCUT2D eigenvalue weighted by molar-refractivity contribution is 0.598. The van der Waals surface area contributed by atoms with E-state index in [1.165, 1.54) is 30.3 Å². The molecule has 4 nitrogen and oxygen atoms in total. The van der Waals surface area contributed by atoms with Crippen LogP contribution in [0.25, 0.3) is 0 Å². The Morgan fingerprint density at radius 1 is 1.15 bits per heavy atom. The highest BCUT2D eigenvalue weighted by atomic mass is 35.5. The molecule has 0 bridgehead atoms. The minimum atomic E-state index is -4.05. The van der Waals surface area contributed by atoms with Gasteiger partial charge in [0.25, 0.3) is 10.0 Å². The van der Waals surface area contributed by atoms with Gasteiger partial charge in [-0.15, -0.1) is 0 Å². The van der Waals surface area contributed by atoms with Gasteiger partial charge >= 0.3 is 0 Å². The Kier molecular flexibility index (Phi) is 4.08. The highest BCUT2D eigenvalue weighted by Crippen LogP contribution is 2.30. The van der Waals surface area contributed by atoms with E-state index in [0.717, 1.165) is 6.07 Å². The Morgan fingerprint density at radius 2 is 1.85 bits per heavy atom. The molecule has 0 unspecified atom stereocenters. The van der Waals surface area contributed by atoms with Gasteiger partial charge in [0.15, 0.2) is 0 Å². The van der Waals surface area contributed by atoms with Crippen LogP contribution in [0.3, 0.4) is 0 Å². The number of rotatable bonds is 3. The molecule has 0 aliphatic carbocycles. The van der Waals surface area contributed by atoms with Gasteiger partial charge in [0.1, 0.15) is 10.7 Å². The lowest BCUT2D eigenvalue weighted by atomic mass is 10.3. The van der Waals surface area contributed by atoms with Crippen molar-refractivity contribution in [3.63, 3.8) is 0 Å². The van der Waals surface area contributed by atoms with E-state index < -0.39 is 15.8 Å². The number of halogens is 3. The minimum absolute atomic E-state index is 0.0901. The third-order valence-corrected chi connectivity index (χ3v) is 4.78. The monoisotopic (exact) mass is 334 g/mol. The third kappa shape index (κ3) is 2.98. The standard InChI is InChI=1S/C12H9Cl2FN2O2S/c13-8-2-1-3-11(12(8)14)20(18,19)17-10-5-4-7(16)6-9(10)15/h1-6,17H,16H2. The van der Waals surface area contributed by atoms with Gasteiger partial charge < -0.3 is 5.73 Å². The Balaban J connectivity index is 2.44. The predicted octanol–water partition coefficient (Wildman–Crippen LogP) is 3.52. The molecule has 0 saturated carbocycles. The molecular weight excluding hydrogens is 326 g/mol. The summed E-state index contributed by atoms with van der Waals surface area (Å²) in [6.07, 6.45) is 0. The van der Waals surface area contributed by atoms with Crippen molar-refractivity contribution in [3.8, 4) is 0 Å². The summed E-state index contributed by atoms with van der Waals surface area (Å²) in [6.45, 7) is 0. The Morgan fingerprint density at radius 3 is 2.50 bits per heavy atom. The maximum Gasteiger partial charge on any atom is 0.263 e. The maximum atomic E-state index is 13.6. The lowest BCUT2D eigenvalue weighted by Gasteiger charge is -2.11. The number of hydrogen-bond acceptors (Lipinski definition) is 3. The molecular formula is C12H9Cl2FN2O2S. The fraction of sp³-hybridized carbons (Fsp3) is 0. The van der Waals surface area contributed by atoms with Gasteiger partial charge in [0, 0.05) is 5.69 Å². The van der Waals surface area contributed by atoms with Crippen molar-refractivity contribution in [3.05, 3.63) is 52.3 Å². The second-order valence-corrected chi connectivity index (χ2v) is 6.33. The molecule has 0 saturated heterocycles. The van der Waals surface area contributed by atoms with Gasteiger partial charge in [-0.3, -0.25) is 4.72 Å². The van der Waals surface area contributed by atoms with Crippen molar-refractivity contribution >= 4 is 44.6 Å². The van der Waals surface area contributed by atoms with Crippen LogP contribution in [0.15, 0.2) is 41.3 Å². The summed E-state index contributed by atoms with van der Waals surface area (Å²) in [5.41, 5.74) is 5.35. The molecule has 0 amide bonds. The van der Waals surface area contributed by atoms with Crippen molar-refractivity contribution in [2.45, 2.75) is 4.90 Å². The van der Waals surface area contributed by atoms with E-state index in [1.807, 2.05) is 0 Å². The first-order valence-corrected chi connectivity index (χ1v) is 7.57. The summed E-state index contributed by atoms with van der Waals surface area (Å²) in [6, 6.07) is 7.76. The molecule has 2 aromatic carbocycles. The SMILES string of the molecule is Nc1ccc(NS(=O)(=O)c2cccc(Cl)c2Cl)c(F)c1. The van der Waals surface area contributed by atoms with Crippen LogP contribution in [-0.4, -0.2) is 8.42 Å². The minimum Gasteiger partial charge on any atom is -0.399 e. The fourth-order valence-corrected chi connectivity index (χ4v) is 3.34. The number of nitrogens with one attached hydrogen (secondary N) is 1. The zero-order valence-electron chi connectivity index (χ0n) is 9.90. The fourth-order valence-electron chi connectivity index (χ4n) is 1.51. The summed E-state index contributed by atoms with van der Waals surface area (Å²) in [7, 11) is -4.05. The summed E-state index contributed by atoms with van der Waals surface area (Å²) >= 11 is 11.6. The normalized spacial score (nSPS) is 11.3. The highest BCUT2D eigenvalue weighted by molar-refractivity contribution is 7.92. The molecule has 2 aromatic rings. The van der Waals surface area contributed by atoms with E-state index in [0.29, 0.717) is 0 Å². The van der Waals surface area contributed by atoms with E-state index in [-0.39, 0.29) is 26.3 Å². The van der Waals surface area contributed by atoms with Gasteiger partial charge in [-0.25, -0.2) is 12.8 Å². The Bertz CT molecular complexity index is 766. The van der Waals surface area contributed by atoms with E-state index >= 15 is 0 Å². The Labute approximate surface area is 125 Å². The number of hydrogen-bond donors (Lipinski definition) is 2. The van der Waals surface area contributed by atoms with Crippen LogP contribution in [-0.2, 0) is 10.0 Å². The first-order chi connectivity index (χ1) is 9.31. The topological polar surface area (TPSA) is 72.2 Å². The van der Waals surface area contributed by atoms with Crippen molar-refractivity contribution in [1.29, 1.82) is 0 Å². The number of sulfonamides is 1. The van der Waals surface area contributed by atoms with E-state index in [1.54, 1.807) is 0 Å². The first kappa shape index (κ1) is 14.9. The molecule has 0 atom stereocenters. The van der Waals surface area contributed by atoms with Gasteiger partial charge in [-0.1, -0.05) is 29.3 Å². The molecule has 20 heavy (non-hydrogen) atoms. The molecule has 0 aliphatic heterocycles. The molecule has 0 heterocycles. The summed E-state index contributed by atoms with van der Waals surface area (Å²) in [4.78, 5) is -0.233. The predicted molar refractivity (Wildman–Crippen MR) is 78.1 cm³/mol. The molecule has 0 fully saturated rings. The molecule has 8 heteroatoms. The van der Waals surface area contributed by atoms with Gasteiger partial charge in [-0.05, 0) is 30.3 Å². The van der Waals surface area contributed by atoms with Crippen molar-refractivity contribution in [2.24, 2.45) is 0 Å².